The number of aryl methyl sites for hydroxylation is 3. The number of benzene rings is 1. The summed E-state index contributed by atoms with van der Waals surface area (Å²) in [5, 5.41) is 3.98. The molecule has 3 rings (SSSR count). The SMILES string of the molecule is Cc1nc2ccccc2nc1CSCc1c(C)noc1C. The molecule has 5 heteroatoms. The molecule has 21 heavy (non-hydrogen) atoms. The summed E-state index contributed by atoms with van der Waals surface area (Å²) in [4.78, 5) is 9.34. The standard InChI is InChI=1S/C16H17N3OS/c1-10-13(12(3)20-19-10)8-21-9-16-11(2)17-14-6-4-5-7-15(14)18-16/h4-7H,8-9H2,1-3H3. The van der Waals surface area contributed by atoms with Crippen molar-refractivity contribution >= 4 is 22.8 Å². The van der Waals surface area contributed by atoms with Gasteiger partial charge in [-0.15, -0.1) is 0 Å². The Kier molecular flexibility index (Phi) is 3.92. The molecule has 2 heterocycles. The molecule has 0 spiro atoms. The second-order valence-corrected chi connectivity index (χ2v) is 6.03. The number of rotatable bonds is 4. The van der Waals surface area contributed by atoms with Crippen LogP contribution in [0.4, 0.5) is 0 Å². The molecule has 4 nitrogen and oxygen atoms in total. The summed E-state index contributed by atoms with van der Waals surface area (Å²) < 4.78 is 5.19. The van der Waals surface area contributed by atoms with Gasteiger partial charge in [0, 0.05) is 17.1 Å². The van der Waals surface area contributed by atoms with E-state index in [9.17, 15) is 0 Å². The van der Waals surface area contributed by atoms with Gasteiger partial charge in [0.05, 0.1) is 28.1 Å². The lowest BCUT2D eigenvalue weighted by molar-refractivity contribution is 0.392. The summed E-state index contributed by atoms with van der Waals surface area (Å²) in [7, 11) is 0. The normalized spacial score (nSPS) is 11.2. The highest BCUT2D eigenvalue weighted by molar-refractivity contribution is 7.97. The van der Waals surface area contributed by atoms with Crippen LogP contribution in [0.2, 0.25) is 0 Å². The smallest absolute Gasteiger partial charge is 0.137 e. The zero-order chi connectivity index (χ0) is 14.8. The van der Waals surface area contributed by atoms with Gasteiger partial charge in [0.1, 0.15) is 5.76 Å². The second kappa shape index (κ2) is 5.85. The van der Waals surface area contributed by atoms with Gasteiger partial charge < -0.3 is 4.52 Å². The topological polar surface area (TPSA) is 51.8 Å². The summed E-state index contributed by atoms with van der Waals surface area (Å²) in [5.74, 6) is 2.63. The van der Waals surface area contributed by atoms with E-state index in [1.807, 2.05) is 56.8 Å². The van der Waals surface area contributed by atoms with Crippen molar-refractivity contribution in [3.8, 4) is 0 Å². The van der Waals surface area contributed by atoms with Crippen LogP contribution in [0.15, 0.2) is 28.8 Å². The zero-order valence-corrected chi connectivity index (χ0v) is 13.2. The molecule has 0 atom stereocenters. The van der Waals surface area contributed by atoms with Crippen molar-refractivity contribution < 1.29 is 4.52 Å². The van der Waals surface area contributed by atoms with E-state index in [4.69, 9.17) is 9.51 Å². The highest BCUT2D eigenvalue weighted by Crippen LogP contribution is 2.23. The zero-order valence-electron chi connectivity index (χ0n) is 12.4. The quantitative estimate of drug-likeness (QED) is 0.729. The van der Waals surface area contributed by atoms with Gasteiger partial charge >= 0.3 is 0 Å². The Balaban J connectivity index is 1.75. The van der Waals surface area contributed by atoms with Crippen molar-refractivity contribution in [2.75, 3.05) is 0 Å². The summed E-state index contributed by atoms with van der Waals surface area (Å²) in [6.45, 7) is 5.95. The van der Waals surface area contributed by atoms with Crippen LogP contribution in [0.1, 0.15) is 28.4 Å². The third-order valence-corrected chi connectivity index (χ3v) is 4.48. The maximum absolute atomic E-state index is 5.19. The highest BCUT2D eigenvalue weighted by Gasteiger charge is 2.10. The van der Waals surface area contributed by atoms with E-state index in [2.05, 4.69) is 10.1 Å². The van der Waals surface area contributed by atoms with Crippen LogP contribution < -0.4 is 0 Å². The van der Waals surface area contributed by atoms with Crippen LogP contribution in [-0.2, 0) is 11.5 Å². The van der Waals surface area contributed by atoms with Crippen molar-refractivity contribution in [2.24, 2.45) is 0 Å². The average Bonchev–Trinajstić information content (AvgIpc) is 2.79. The van der Waals surface area contributed by atoms with E-state index in [0.717, 1.165) is 45.4 Å². The lowest BCUT2D eigenvalue weighted by atomic mass is 10.2. The van der Waals surface area contributed by atoms with Crippen LogP contribution in [0, 0.1) is 20.8 Å². The molecule has 2 aromatic heterocycles. The summed E-state index contributed by atoms with van der Waals surface area (Å²) in [6, 6.07) is 7.98. The fourth-order valence-corrected chi connectivity index (χ4v) is 3.40. The molecule has 0 aliphatic heterocycles. The number of para-hydroxylation sites is 2. The molecule has 0 N–H and O–H groups in total. The molecule has 108 valence electrons. The molecule has 3 aromatic rings. The van der Waals surface area contributed by atoms with Crippen LogP contribution in [0.3, 0.4) is 0 Å². The van der Waals surface area contributed by atoms with Gasteiger partial charge in [0.25, 0.3) is 0 Å². The monoisotopic (exact) mass is 299 g/mol. The number of thioether (sulfide) groups is 1. The summed E-state index contributed by atoms with van der Waals surface area (Å²) in [5.41, 5.74) is 6.11. The van der Waals surface area contributed by atoms with E-state index in [-0.39, 0.29) is 0 Å². The molecule has 1 aromatic carbocycles. The lowest BCUT2D eigenvalue weighted by Crippen LogP contribution is -1.97. The fraction of sp³-hybridized carbons (Fsp3) is 0.312. The van der Waals surface area contributed by atoms with Crippen molar-refractivity contribution in [1.82, 2.24) is 15.1 Å². The first-order chi connectivity index (χ1) is 10.1. The minimum atomic E-state index is 0.841. The first-order valence-corrected chi connectivity index (χ1v) is 8.02. The Morgan fingerprint density at radius 3 is 2.33 bits per heavy atom. The van der Waals surface area contributed by atoms with E-state index in [1.54, 1.807) is 0 Å². The summed E-state index contributed by atoms with van der Waals surface area (Å²) >= 11 is 1.81. The number of fused-ring (bicyclic) bond motifs is 1. The van der Waals surface area contributed by atoms with Gasteiger partial charge in [-0.2, -0.15) is 11.8 Å². The lowest BCUT2D eigenvalue weighted by Gasteiger charge is -2.06. The maximum atomic E-state index is 5.19. The van der Waals surface area contributed by atoms with Gasteiger partial charge in [-0.05, 0) is 32.9 Å². The molecule has 0 aliphatic carbocycles. The number of aromatic nitrogens is 3. The Hall–Kier alpha value is -1.88. The molecule has 0 aliphatic rings. The van der Waals surface area contributed by atoms with Crippen LogP contribution >= 0.6 is 11.8 Å². The highest BCUT2D eigenvalue weighted by atomic mass is 32.2. The molecular weight excluding hydrogens is 282 g/mol. The predicted molar refractivity (Wildman–Crippen MR) is 85.3 cm³/mol. The fourth-order valence-electron chi connectivity index (χ4n) is 2.22. The largest absolute Gasteiger partial charge is 0.361 e. The Morgan fingerprint density at radius 2 is 1.67 bits per heavy atom. The van der Waals surface area contributed by atoms with Gasteiger partial charge in [-0.1, -0.05) is 17.3 Å². The average molecular weight is 299 g/mol. The molecule has 0 saturated carbocycles. The van der Waals surface area contributed by atoms with Crippen molar-refractivity contribution in [3.63, 3.8) is 0 Å². The van der Waals surface area contributed by atoms with Gasteiger partial charge in [0.15, 0.2) is 0 Å². The van der Waals surface area contributed by atoms with Gasteiger partial charge in [0.2, 0.25) is 0 Å². The van der Waals surface area contributed by atoms with Gasteiger partial charge in [-0.25, -0.2) is 9.97 Å². The van der Waals surface area contributed by atoms with E-state index >= 15 is 0 Å². The van der Waals surface area contributed by atoms with E-state index in [1.165, 1.54) is 5.56 Å². The molecule has 0 saturated heterocycles. The molecule has 0 amide bonds. The first-order valence-electron chi connectivity index (χ1n) is 6.87. The van der Waals surface area contributed by atoms with Crippen LogP contribution in [0.5, 0.6) is 0 Å². The third kappa shape index (κ3) is 2.93. The van der Waals surface area contributed by atoms with Crippen LogP contribution in [-0.4, -0.2) is 15.1 Å². The van der Waals surface area contributed by atoms with Gasteiger partial charge in [-0.3, -0.25) is 0 Å². The van der Waals surface area contributed by atoms with Crippen molar-refractivity contribution in [3.05, 3.63) is 52.7 Å². The molecule has 0 unspecified atom stereocenters. The Bertz CT molecular complexity index is 763. The van der Waals surface area contributed by atoms with Crippen molar-refractivity contribution in [1.29, 1.82) is 0 Å². The maximum Gasteiger partial charge on any atom is 0.137 e. The number of nitrogens with zero attached hydrogens (tertiary/aromatic N) is 3. The molecule has 0 bridgehead atoms. The first kappa shape index (κ1) is 14.1. The third-order valence-electron chi connectivity index (χ3n) is 3.51. The number of hydrogen-bond acceptors (Lipinski definition) is 5. The van der Waals surface area contributed by atoms with E-state index < -0.39 is 0 Å². The minimum absolute atomic E-state index is 0.841. The molecule has 0 radical (unpaired) electrons. The molecular formula is C16H17N3OS. The Labute approximate surface area is 128 Å². The predicted octanol–water partition coefficient (Wildman–Crippen LogP) is 3.98. The Morgan fingerprint density at radius 1 is 0.952 bits per heavy atom. The van der Waals surface area contributed by atoms with Crippen LogP contribution in [0.25, 0.3) is 11.0 Å². The summed E-state index contributed by atoms with van der Waals surface area (Å²) in [6.07, 6.45) is 0. The van der Waals surface area contributed by atoms with E-state index in [0.29, 0.717) is 0 Å². The molecule has 0 fully saturated rings. The minimum Gasteiger partial charge on any atom is -0.361 e. The second-order valence-electron chi connectivity index (χ2n) is 5.04. The van der Waals surface area contributed by atoms with Crippen molar-refractivity contribution in [2.45, 2.75) is 32.3 Å². The number of hydrogen-bond donors (Lipinski definition) is 0.